The van der Waals surface area contributed by atoms with Gasteiger partial charge in [0.25, 0.3) is 5.91 Å². The first-order valence-electron chi connectivity index (χ1n) is 4.42. The van der Waals surface area contributed by atoms with Crippen LogP contribution in [0.25, 0.3) is 6.08 Å². The Morgan fingerprint density at radius 3 is 2.75 bits per heavy atom. The lowest BCUT2D eigenvalue weighted by Gasteiger charge is -2.06. The van der Waals surface area contributed by atoms with Crippen molar-refractivity contribution in [3.05, 3.63) is 26.9 Å². The first-order valence-corrected chi connectivity index (χ1v) is 6.03. The zero-order chi connectivity index (χ0) is 12.1. The predicted octanol–water partition coefficient (Wildman–Crippen LogP) is 1.94. The van der Waals surface area contributed by atoms with Crippen LogP contribution in [-0.4, -0.2) is 18.0 Å². The minimum Gasteiger partial charge on any atom is -0.449 e. The molecule has 1 heterocycles. The number of esters is 1. The van der Waals surface area contributed by atoms with Crippen LogP contribution in [0.2, 0.25) is 0 Å². The van der Waals surface area contributed by atoms with Crippen LogP contribution in [0, 0.1) is 0 Å². The lowest BCUT2D eigenvalue weighted by atomic mass is 10.4. The standard InChI is InChI=1S/C10H10BrNO3S/c1-6(10(12)14)15-9(13)5-3-7-2-4-8(11)16-7/h2-6H,1H3,(H2,12,14)/b5-3+/t6-/m1/s1. The summed E-state index contributed by atoms with van der Waals surface area (Å²) < 4.78 is 5.71. The molecule has 1 rings (SSSR count). The maximum atomic E-state index is 11.2. The third-order valence-corrected chi connectivity index (χ3v) is 3.26. The summed E-state index contributed by atoms with van der Waals surface area (Å²) in [6.45, 7) is 1.43. The number of carbonyl (C=O) groups is 2. The van der Waals surface area contributed by atoms with Crippen LogP contribution in [0.15, 0.2) is 22.0 Å². The van der Waals surface area contributed by atoms with E-state index in [-0.39, 0.29) is 0 Å². The van der Waals surface area contributed by atoms with Gasteiger partial charge in [0.15, 0.2) is 6.10 Å². The summed E-state index contributed by atoms with van der Waals surface area (Å²) in [5.41, 5.74) is 4.95. The number of hydrogen-bond donors (Lipinski definition) is 1. The number of thiophene rings is 1. The van der Waals surface area contributed by atoms with E-state index in [1.54, 1.807) is 6.08 Å². The Kier molecular flexibility index (Phi) is 4.70. The molecule has 0 spiro atoms. The molecule has 0 saturated heterocycles. The first kappa shape index (κ1) is 12.9. The smallest absolute Gasteiger partial charge is 0.331 e. The monoisotopic (exact) mass is 303 g/mol. The van der Waals surface area contributed by atoms with E-state index in [0.29, 0.717) is 0 Å². The molecule has 0 fully saturated rings. The van der Waals surface area contributed by atoms with Crippen molar-refractivity contribution in [3.8, 4) is 0 Å². The number of hydrogen-bond acceptors (Lipinski definition) is 4. The van der Waals surface area contributed by atoms with Gasteiger partial charge in [-0.05, 0) is 41.1 Å². The molecule has 0 bridgehead atoms. The summed E-state index contributed by atoms with van der Waals surface area (Å²) in [7, 11) is 0. The minimum absolute atomic E-state index is 0.587. The van der Waals surface area contributed by atoms with Crippen LogP contribution in [0.5, 0.6) is 0 Å². The summed E-state index contributed by atoms with van der Waals surface area (Å²) >= 11 is 4.79. The number of primary amides is 1. The molecule has 86 valence electrons. The first-order chi connectivity index (χ1) is 7.49. The van der Waals surface area contributed by atoms with Gasteiger partial charge in [0.2, 0.25) is 0 Å². The maximum Gasteiger partial charge on any atom is 0.331 e. The fourth-order valence-electron chi connectivity index (χ4n) is 0.840. The van der Waals surface area contributed by atoms with Crippen molar-refractivity contribution < 1.29 is 14.3 Å². The third-order valence-electron chi connectivity index (χ3n) is 1.67. The highest BCUT2D eigenvalue weighted by Crippen LogP contribution is 2.22. The molecule has 0 unspecified atom stereocenters. The van der Waals surface area contributed by atoms with E-state index in [1.165, 1.54) is 24.3 Å². The molecule has 1 aromatic rings. The zero-order valence-corrected chi connectivity index (χ0v) is 10.9. The average Bonchev–Trinajstić information content (AvgIpc) is 2.61. The van der Waals surface area contributed by atoms with Crippen molar-refractivity contribution >= 4 is 45.2 Å². The quantitative estimate of drug-likeness (QED) is 0.682. The highest BCUT2D eigenvalue weighted by molar-refractivity contribution is 9.11. The van der Waals surface area contributed by atoms with Gasteiger partial charge in [0.1, 0.15) is 0 Å². The number of halogens is 1. The normalized spacial score (nSPS) is 12.6. The van der Waals surface area contributed by atoms with Crippen molar-refractivity contribution in [3.63, 3.8) is 0 Å². The molecule has 0 aliphatic carbocycles. The van der Waals surface area contributed by atoms with Crippen LogP contribution in [-0.2, 0) is 14.3 Å². The fourth-order valence-corrected chi connectivity index (χ4v) is 2.17. The molecule has 2 N–H and O–H groups in total. The SMILES string of the molecule is C[C@@H](OC(=O)/C=C/c1ccc(Br)s1)C(N)=O. The molecule has 0 aromatic carbocycles. The lowest BCUT2D eigenvalue weighted by molar-refractivity contribution is -0.148. The Morgan fingerprint density at radius 1 is 1.56 bits per heavy atom. The van der Waals surface area contributed by atoms with E-state index in [0.717, 1.165) is 8.66 Å². The van der Waals surface area contributed by atoms with Gasteiger partial charge >= 0.3 is 5.97 Å². The molecule has 4 nitrogen and oxygen atoms in total. The highest BCUT2D eigenvalue weighted by Gasteiger charge is 2.11. The molecule has 0 radical (unpaired) electrons. The van der Waals surface area contributed by atoms with Crippen molar-refractivity contribution in [2.45, 2.75) is 13.0 Å². The van der Waals surface area contributed by atoms with E-state index in [4.69, 9.17) is 10.5 Å². The van der Waals surface area contributed by atoms with Crippen LogP contribution >= 0.6 is 27.3 Å². The predicted molar refractivity (Wildman–Crippen MR) is 65.8 cm³/mol. The van der Waals surface area contributed by atoms with E-state index < -0.39 is 18.0 Å². The summed E-state index contributed by atoms with van der Waals surface area (Å²) in [6, 6.07) is 3.73. The van der Waals surface area contributed by atoms with Gasteiger partial charge in [-0.15, -0.1) is 11.3 Å². The van der Waals surface area contributed by atoms with Crippen LogP contribution in [0.3, 0.4) is 0 Å². The van der Waals surface area contributed by atoms with Gasteiger partial charge in [-0.2, -0.15) is 0 Å². The fraction of sp³-hybridized carbons (Fsp3) is 0.200. The zero-order valence-electron chi connectivity index (χ0n) is 8.48. The van der Waals surface area contributed by atoms with E-state index in [9.17, 15) is 9.59 Å². The number of ether oxygens (including phenoxy) is 1. The Balaban J connectivity index is 2.51. The van der Waals surface area contributed by atoms with E-state index in [1.807, 2.05) is 12.1 Å². The van der Waals surface area contributed by atoms with Crippen molar-refractivity contribution in [2.24, 2.45) is 5.73 Å². The topological polar surface area (TPSA) is 69.4 Å². The van der Waals surface area contributed by atoms with Gasteiger partial charge in [-0.25, -0.2) is 4.79 Å². The summed E-state index contributed by atoms with van der Waals surface area (Å²) in [5, 5.41) is 0. The van der Waals surface area contributed by atoms with Crippen LogP contribution < -0.4 is 5.73 Å². The second-order valence-corrected chi connectivity index (χ2v) is 5.45. The van der Waals surface area contributed by atoms with Crippen LogP contribution in [0.4, 0.5) is 0 Å². The van der Waals surface area contributed by atoms with Gasteiger partial charge in [0, 0.05) is 11.0 Å². The lowest BCUT2D eigenvalue weighted by Crippen LogP contribution is -2.29. The van der Waals surface area contributed by atoms with Gasteiger partial charge in [0.05, 0.1) is 3.79 Å². The van der Waals surface area contributed by atoms with Crippen molar-refractivity contribution in [1.82, 2.24) is 0 Å². The maximum absolute atomic E-state index is 11.2. The van der Waals surface area contributed by atoms with Crippen molar-refractivity contribution in [2.75, 3.05) is 0 Å². The molecule has 1 atom stereocenters. The minimum atomic E-state index is -0.910. The number of carbonyl (C=O) groups excluding carboxylic acids is 2. The molecule has 0 saturated carbocycles. The molecule has 0 aliphatic rings. The molecule has 1 amide bonds. The number of rotatable bonds is 4. The molecular formula is C10H10BrNO3S. The highest BCUT2D eigenvalue weighted by atomic mass is 79.9. The molecule has 16 heavy (non-hydrogen) atoms. The van der Waals surface area contributed by atoms with Gasteiger partial charge in [-0.1, -0.05) is 0 Å². The second-order valence-electron chi connectivity index (χ2n) is 2.96. The van der Waals surface area contributed by atoms with Gasteiger partial charge in [-0.3, -0.25) is 4.79 Å². The van der Waals surface area contributed by atoms with E-state index >= 15 is 0 Å². The summed E-state index contributed by atoms with van der Waals surface area (Å²) in [5.74, 6) is -1.25. The summed E-state index contributed by atoms with van der Waals surface area (Å²) in [4.78, 5) is 22.8. The molecule has 1 aromatic heterocycles. The van der Waals surface area contributed by atoms with E-state index in [2.05, 4.69) is 15.9 Å². The summed E-state index contributed by atoms with van der Waals surface area (Å²) in [6.07, 6.45) is 1.97. The van der Waals surface area contributed by atoms with Crippen molar-refractivity contribution in [1.29, 1.82) is 0 Å². The Labute approximate surface area is 105 Å². The third kappa shape index (κ3) is 4.16. The van der Waals surface area contributed by atoms with Gasteiger partial charge < -0.3 is 10.5 Å². The second kappa shape index (κ2) is 5.81. The Bertz CT molecular complexity index is 427. The van der Waals surface area contributed by atoms with Crippen LogP contribution in [0.1, 0.15) is 11.8 Å². The largest absolute Gasteiger partial charge is 0.449 e. The molecule has 6 heteroatoms. The Hall–Kier alpha value is -1.14. The average molecular weight is 304 g/mol. The number of nitrogens with two attached hydrogens (primary N) is 1. The Morgan fingerprint density at radius 2 is 2.25 bits per heavy atom. The number of amides is 1. The molecule has 0 aliphatic heterocycles. The molecular weight excluding hydrogens is 294 g/mol.